The summed E-state index contributed by atoms with van der Waals surface area (Å²) in [6.45, 7) is 9.08. The van der Waals surface area contributed by atoms with Gasteiger partial charge in [-0.25, -0.2) is 0 Å². The van der Waals surface area contributed by atoms with E-state index in [4.69, 9.17) is 18.9 Å². The fraction of sp³-hybridized carbons (Fsp3) is 0.561. The van der Waals surface area contributed by atoms with Crippen LogP contribution in [0.4, 0.5) is 0 Å². The van der Waals surface area contributed by atoms with Crippen molar-refractivity contribution in [2.75, 3.05) is 0 Å². The Balaban J connectivity index is 0.000000103. The molecule has 0 radical (unpaired) electrons. The Bertz CT molecular complexity index is 4440. The third-order valence-electron chi connectivity index (χ3n) is 27.9. The SMILES string of the molecule is C=C1CC(C2CC(=O)OC2=O)C(=O)O1.C=C1OC(=O)C2CC(C3CC(=O)OC3=O)c3ccccc3C12.CC1=CC(C2CC(=O)OC2=O)CC2C(=O)OC(=O)C12.O=C1CC(=O)C2C3C=CC(C12)C1C(=O)OC(=O)C31.O=C1CC(=O)C2C3CCC(C12)C1C(=O)OC(=O)C31.O=C1CC(=O)C2CC(C3CCC4C(=O)OC(=O)C4C3)CCC12. The zero-order valence-electron chi connectivity index (χ0n) is 60.8. The van der Waals surface area contributed by atoms with Gasteiger partial charge in [-0.2, -0.15) is 0 Å². The number of ether oxygens (including phenoxy) is 9. The van der Waals surface area contributed by atoms with Gasteiger partial charge in [0.15, 0.2) is 0 Å². The van der Waals surface area contributed by atoms with Gasteiger partial charge in [0.1, 0.15) is 46.2 Å². The van der Waals surface area contributed by atoms with Crippen LogP contribution in [0.2, 0.25) is 0 Å². The highest BCUT2D eigenvalue weighted by molar-refractivity contribution is 6.13. The molecule has 0 N–H and O–H groups in total. The number of cyclic esters (lactones) is 16. The highest BCUT2D eigenvalue weighted by Gasteiger charge is 2.69. The van der Waals surface area contributed by atoms with Gasteiger partial charge in [-0.1, -0.05) is 61.2 Å². The van der Waals surface area contributed by atoms with Crippen molar-refractivity contribution in [3.05, 3.63) is 83.9 Å². The normalized spacial score (nSPS) is 41.1. The maximum atomic E-state index is 12.1. The third kappa shape index (κ3) is 13.0. The van der Waals surface area contributed by atoms with Crippen molar-refractivity contribution in [2.24, 2.45) is 154 Å². The average molecular weight is 1560 g/mol. The lowest BCUT2D eigenvalue weighted by molar-refractivity contribution is -0.156. The van der Waals surface area contributed by atoms with Crippen LogP contribution in [0.1, 0.15) is 139 Å². The minimum atomic E-state index is -0.686. The highest BCUT2D eigenvalue weighted by atomic mass is 16.6. The summed E-state index contributed by atoms with van der Waals surface area (Å²) < 4.78 is 42.3. The Labute approximate surface area is 641 Å². The van der Waals surface area contributed by atoms with Gasteiger partial charge < -0.3 is 42.6 Å². The Hall–Kier alpha value is -10.9. The molecule has 4 bridgehead atoms. The number of ketones is 6. The number of esters is 16. The van der Waals surface area contributed by atoms with E-state index in [9.17, 15) is 105 Å². The molecule has 18 fully saturated rings. The number of fused-ring (bicyclic) bond motifs is 7. The maximum Gasteiger partial charge on any atom is 0.321 e. The van der Waals surface area contributed by atoms with Crippen LogP contribution >= 0.6 is 0 Å². The number of Topliss-reactive ketones (excluding diaryl/α,β-unsaturated/α-hetero) is 6. The summed E-state index contributed by atoms with van der Waals surface area (Å²) in [6.07, 6.45) is 13.1. The number of hydrogen-bond acceptors (Lipinski definition) is 31. The first-order valence-corrected chi connectivity index (χ1v) is 38.5. The summed E-state index contributed by atoms with van der Waals surface area (Å²) in [6, 6.07) is 7.68. The van der Waals surface area contributed by atoms with Gasteiger partial charge in [-0.05, 0) is 118 Å². The standard InChI is InChI=1S/C17H14O5.C17H20O5.C13H12O6.C13H12O5.C13H10O5.C9H8O5/c1-8-15-10-5-3-2-4-9(10)11(6-13(15)17(20)21-8)12-7-14(18)22-16(12)19;18-14-7-15(19)12-5-8(1-3-10(12)14)9-2-4-11-13(6-9)17(21)22-16(11)20;1-5-2-6(7-4-9(14)18-11(7)15)3-8-10(5)13(17)19-12(8)16;2*14-6-3-7(15)9-5-2-1-4(8(6)9)10-11(5)13(17)18-12(10)16;1-4-2-5(8(11)13-4)6-3-7(10)14-9(6)12/h2-5,11-13,15H,1,6-7H2;8-13H,1-7H2;2,6-8,10H,3-4H2,1H3;4-5,8-11H,1-3H2;1-2,4-5,8-11H,3H2;5-6H,1-3H2. The molecule has 9 saturated carbocycles. The smallest absolute Gasteiger partial charge is 0.321 e. The van der Waals surface area contributed by atoms with Crippen molar-refractivity contribution < 1.29 is 148 Å². The second kappa shape index (κ2) is 28.9. The van der Waals surface area contributed by atoms with E-state index in [1.807, 2.05) is 36.4 Å². The molecule has 22 aliphatic rings. The quantitative estimate of drug-likeness (QED) is 0.176. The largest absolute Gasteiger partial charge is 0.431 e. The van der Waals surface area contributed by atoms with E-state index < -0.39 is 149 Å². The molecule has 1 aromatic carbocycles. The molecule has 28 atom stereocenters. The molecule has 590 valence electrons. The number of rotatable bonds is 4. The van der Waals surface area contributed by atoms with Crippen molar-refractivity contribution in [2.45, 2.75) is 128 Å². The minimum absolute atomic E-state index is 0.00892. The number of hydrogen-bond donors (Lipinski definition) is 0. The second-order valence-electron chi connectivity index (χ2n) is 33.4. The number of carbonyl (C=O) groups excluding carboxylic acids is 22. The van der Waals surface area contributed by atoms with Crippen LogP contribution in [0.3, 0.4) is 0 Å². The molecule has 31 nitrogen and oxygen atoms in total. The van der Waals surface area contributed by atoms with Crippen LogP contribution in [-0.4, -0.2) is 130 Å². The molecule has 28 unspecified atom stereocenters. The Morgan fingerprint density at radius 2 is 0.708 bits per heavy atom. The van der Waals surface area contributed by atoms with E-state index in [-0.39, 0.29) is 174 Å². The highest BCUT2D eigenvalue weighted by Crippen LogP contribution is 2.62. The van der Waals surface area contributed by atoms with Crippen molar-refractivity contribution in [3.63, 3.8) is 0 Å². The van der Waals surface area contributed by atoms with Gasteiger partial charge in [-0.3, -0.25) is 105 Å². The topological polar surface area (TPSA) is 459 Å². The molecular formula is C82H76O31. The molecule has 9 saturated heterocycles. The Morgan fingerprint density at radius 1 is 0.301 bits per heavy atom. The molecule has 31 heteroatoms. The molecule has 1 aromatic rings. The third-order valence-corrected chi connectivity index (χ3v) is 27.9. The maximum absolute atomic E-state index is 12.1. The molecule has 13 aliphatic carbocycles. The summed E-state index contributed by atoms with van der Waals surface area (Å²) in [7, 11) is 0. The number of carbonyl (C=O) groups is 22. The molecule has 9 aliphatic heterocycles. The summed E-state index contributed by atoms with van der Waals surface area (Å²) in [5.74, 6) is -15.8. The van der Waals surface area contributed by atoms with Crippen LogP contribution in [-0.2, 0) is 148 Å². The van der Waals surface area contributed by atoms with Gasteiger partial charge >= 0.3 is 95.5 Å². The van der Waals surface area contributed by atoms with Crippen molar-refractivity contribution >= 4 is 130 Å². The van der Waals surface area contributed by atoms with E-state index >= 15 is 0 Å². The summed E-state index contributed by atoms with van der Waals surface area (Å²) in [5, 5.41) is 0. The average Bonchev–Trinajstić information content (AvgIpc) is 1.56. The lowest BCUT2D eigenvalue weighted by Crippen LogP contribution is -2.53. The van der Waals surface area contributed by atoms with Crippen LogP contribution in [0.25, 0.3) is 0 Å². The molecule has 23 rings (SSSR count). The van der Waals surface area contributed by atoms with Gasteiger partial charge in [-0.15, -0.1) is 0 Å². The first-order chi connectivity index (χ1) is 53.8. The fourth-order valence-corrected chi connectivity index (χ4v) is 23.1. The predicted octanol–water partition coefficient (Wildman–Crippen LogP) is 4.23. The zero-order valence-corrected chi connectivity index (χ0v) is 60.8. The van der Waals surface area contributed by atoms with Gasteiger partial charge in [0, 0.05) is 53.8 Å². The fourth-order valence-electron chi connectivity index (χ4n) is 23.1. The van der Waals surface area contributed by atoms with Gasteiger partial charge in [0.05, 0.1) is 121 Å². The lowest BCUT2D eigenvalue weighted by atomic mass is 9.51. The molecule has 9 heterocycles. The van der Waals surface area contributed by atoms with Crippen LogP contribution in [0.15, 0.2) is 72.7 Å². The predicted molar refractivity (Wildman–Crippen MR) is 362 cm³/mol. The van der Waals surface area contributed by atoms with E-state index in [0.29, 0.717) is 49.0 Å². The lowest BCUT2D eigenvalue weighted by Gasteiger charge is -2.48. The second-order valence-corrected chi connectivity index (χ2v) is 33.4. The van der Waals surface area contributed by atoms with E-state index in [1.54, 1.807) is 13.0 Å². The van der Waals surface area contributed by atoms with Crippen molar-refractivity contribution in [1.82, 2.24) is 0 Å². The first kappa shape index (κ1) is 76.1. The first-order valence-electron chi connectivity index (χ1n) is 38.5. The summed E-state index contributed by atoms with van der Waals surface area (Å²) in [4.78, 5) is 256. The van der Waals surface area contributed by atoms with E-state index in [2.05, 4.69) is 36.8 Å². The monoisotopic (exact) mass is 1560 g/mol. The summed E-state index contributed by atoms with van der Waals surface area (Å²) in [5.41, 5.74) is 2.68. The van der Waals surface area contributed by atoms with Gasteiger partial charge in [0.25, 0.3) is 0 Å². The van der Waals surface area contributed by atoms with E-state index in [1.165, 1.54) is 0 Å². The van der Waals surface area contributed by atoms with Crippen LogP contribution < -0.4 is 0 Å². The van der Waals surface area contributed by atoms with Crippen molar-refractivity contribution in [1.29, 1.82) is 0 Å². The summed E-state index contributed by atoms with van der Waals surface area (Å²) >= 11 is 0. The van der Waals surface area contributed by atoms with E-state index in [0.717, 1.165) is 61.6 Å². The molecular weight excluding hydrogens is 1480 g/mol. The molecule has 0 aromatic heterocycles. The molecule has 0 spiro atoms. The van der Waals surface area contributed by atoms with Crippen LogP contribution in [0.5, 0.6) is 0 Å². The van der Waals surface area contributed by atoms with Crippen LogP contribution in [0, 0.1) is 154 Å². The molecule has 113 heavy (non-hydrogen) atoms. The zero-order chi connectivity index (χ0) is 80.1. The Kier molecular flexibility index (Phi) is 19.5. The minimum Gasteiger partial charge on any atom is -0.431 e. The van der Waals surface area contributed by atoms with Crippen molar-refractivity contribution in [3.8, 4) is 0 Å². The Morgan fingerprint density at radius 3 is 1.24 bits per heavy atom. The number of allylic oxidation sites excluding steroid dienone is 5. The number of benzene rings is 1. The van der Waals surface area contributed by atoms with Gasteiger partial charge in [0.2, 0.25) is 0 Å². The molecule has 0 amide bonds.